The second-order valence-electron chi connectivity index (χ2n) is 1.77. The van der Waals surface area contributed by atoms with Gasteiger partial charge in [-0.25, -0.2) is 0 Å². The fourth-order valence-electron chi connectivity index (χ4n) is 0.504. The van der Waals surface area contributed by atoms with E-state index in [2.05, 4.69) is 11.3 Å². The van der Waals surface area contributed by atoms with Crippen LogP contribution in [-0.4, -0.2) is 6.36 Å². The lowest BCUT2D eigenvalue weighted by atomic mass is 10.3. The van der Waals surface area contributed by atoms with Crippen molar-refractivity contribution in [2.75, 3.05) is 0 Å². The zero-order valence-corrected chi connectivity index (χ0v) is 6.11. The van der Waals surface area contributed by atoms with Gasteiger partial charge in [-0.1, -0.05) is 19.6 Å². The maximum Gasteiger partial charge on any atom is 0.572 e. The van der Waals surface area contributed by atoms with Gasteiger partial charge < -0.3 is 4.74 Å². The molecule has 0 N–H and O–H groups in total. The Labute approximate surface area is 63.2 Å². The van der Waals surface area contributed by atoms with Crippen molar-refractivity contribution in [1.82, 2.24) is 0 Å². The van der Waals surface area contributed by atoms with Gasteiger partial charge in [-0.2, -0.15) is 0 Å². The van der Waals surface area contributed by atoms with Gasteiger partial charge in [0, 0.05) is 6.42 Å². The molecule has 0 bridgehead atoms. The molecule has 0 amide bonds. The first kappa shape index (κ1) is 10.1. The molecular formula is C7H9F3O. The summed E-state index contributed by atoms with van der Waals surface area (Å²) in [4.78, 5) is 0. The summed E-state index contributed by atoms with van der Waals surface area (Å²) in [5.41, 5.74) is 0. The van der Waals surface area contributed by atoms with Crippen molar-refractivity contribution in [3.63, 3.8) is 0 Å². The summed E-state index contributed by atoms with van der Waals surface area (Å²) in [6.07, 6.45) is -1.95. The van der Waals surface area contributed by atoms with E-state index in [1.807, 2.05) is 0 Å². The Kier molecular flexibility index (Phi) is 3.71. The maximum atomic E-state index is 11.5. The zero-order chi connectivity index (χ0) is 8.91. The van der Waals surface area contributed by atoms with Crippen molar-refractivity contribution < 1.29 is 17.9 Å². The van der Waals surface area contributed by atoms with E-state index < -0.39 is 6.36 Å². The summed E-state index contributed by atoms with van der Waals surface area (Å²) in [5.74, 6) is -0.132. The second-order valence-corrected chi connectivity index (χ2v) is 1.77. The van der Waals surface area contributed by atoms with E-state index in [0.717, 1.165) is 0 Å². The van der Waals surface area contributed by atoms with Crippen LogP contribution in [0.15, 0.2) is 24.5 Å². The molecule has 0 heterocycles. The Morgan fingerprint density at radius 2 is 2.09 bits per heavy atom. The number of allylic oxidation sites excluding steroid dienone is 3. The van der Waals surface area contributed by atoms with E-state index in [0.29, 0.717) is 0 Å². The average Bonchev–Trinajstić information content (AvgIpc) is 1.84. The third-order valence-corrected chi connectivity index (χ3v) is 0.899. The van der Waals surface area contributed by atoms with Gasteiger partial charge in [0.05, 0.1) is 0 Å². The number of hydrogen-bond acceptors (Lipinski definition) is 1. The highest BCUT2D eigenvalue weighted by Gasteiger charge is 2.31. The first-order chi connectivity index (χ1) is 4.99. The third kappa shape index (κ3) is 5.51. The van der Waals surface area contributed by atoms with E-state index in [4.69, 9.17) is 0 Å². The second kappa shape index (κ2) is 4.05. The standard InChI is InChI=1S/C7H9F3O/c1-3-5-6(4-2)11-7(8,9)10/h3,5H,1,4H2,2H3/b6-5+. The molecular weight excluding hydrogens is 157 g/mol. The molecule has 0 aliphatic rings. The van der Waals surface area contributed by atoms with Crippen LogP contribution in [0.1, 0.15) is 13.3 Å². The quantitative estimate of drug-likeness (QED) is 0.462. The van der Waals surface area contributed by atoms with E-state index >= 15 is 0 Å². The Balaban J connectivity index is 4.09. The molecule has 11 heavy (non-hydrogen) atoms. The Morgan fingerprint density at radius 1 is 1.55 bits per heavy atom. The SMILES string of the molecule is C=C/C=C(\CC)OC(F)(F)F. The van der Waals surface area contributed by atoms with Gasteiger partial charge in [0.2, 0.25) is 0 Å². The van der Waals surface area contributed by atoms with Crippen LogP contribution in [0.25, 0.3) is 0 Å². The van der Waals surface area contributed by atoms with Crippen molar-refractivity contribution >= 4 is 0 Å². The molecule has 0 aromatic rings. The number of halogens is 3. The Morgan fingerprint density at radius 3 is 2.36 bits per heavy atom. The van der Waals surface area contributed by atoms with Crippen LogP contribution in [-0.2, 0) is 4.74 Å². The molecule has 0 unspecified atom stereocenters. The lowest BCUT2D eigenvalue weighted by Crippen LogP contribution is -2.12. The first-order valence-corrected chi connectivity index (χ1v) is 3.07. The molecule has 0 spiro atoms. The van der Waals surface area contributed by atoms with Crippen molar-refractivity contribution in [3.8, 4) is 0 Å². The summed E-state index contributed by atoms with van der Waals surface area (Å²) in [6, 6.07) is 0. The lowest BCUT2D eigenvalue weighted by molar-refractivity contribution is -0.306. The topological polar surface area (TPSA) is 9.23 Å². The van der Waals surface area contributed by atoms with Crippen LogP contribution in [0, 0.1) is 0 Å². The van der Waals surface area contributed by atoms with Crippen LogP contribution in [0.4, 0.5) is 13.2 Å². The summed E-state index contributed by atoms with van der Waals surface area (Å²) in [6.45, 7) is 4.83. The van der Waals surface area contributed by atoms with Gasteiger partial charge >= 0.3 is 6.36 Å². The minimum atomic E-state index is -4.59. The Hall–Kier alpha value is -0.930. The van der Waals surface area contributed by atoms with E-state index in [1.54, 1.807) is 6.92 Å². The molecule has 0 rings (SSSR count). The molecule has 1 nitrogen and oxygen atoms in total. The molecule has 0 aliphatic carbocycles. The molecule has 0 aromatic carbocycles. The molecule has 0 radical (unpaired) electrons. The minimum Gasteiger partial charge on any atom is -0.410 e. The number of ether oxygens (including phenoxy) is 1. The molecule has 0 atom stereocenters. The fraction of sp³-hybridized carbons (Fsp3) is 0.429. The summed E-state index contributed by atoms with van der Waals surface area (Å²) in [7, 11) is 0. The average molecular weight is 166 g/mol. The van der Waals surface area contributed by atoms with Crippen LogP contribution >= 0.6 is 0 Å². The number of alkyl halides is 3. The number of hydrogen-bond donors (Lipinski definition) is 0. The normalized spacial score (nSPS) is 12.9. The van der Waals surface area contributed by atoms with Crippen molar-refractivity contribution in [2.24, 2.45) is 0 Å². The summed E-state index contributed by atoms with van der Waals surface area (Å²) in [5, 5.41) is 0. The maximum absolute atomic E-state index is 11.5. The number of rotatable bonds is 3. The summed E-state index contributed by atoms with van der Waals surface area (Å²) >= 11 is 0. The van der Waals surface area contributed by atoms with Crippen molar-refractivity contribution in [2.45, 2.75) is 19.7 Å². The summed E-state index contributed by atoms with van der Waals surface area (Å²) < 4.78 is 38.2. The minimum absolute atomic E-state index is 0.132. The van der Waals surface area contributed by atoms with Gasteiger partial charge in [-0.15, -0.1) is 13.2 Å². The highest BCUT2D eigenvalue weighted by atomic mass is 19.4. The largest absolute Gasteiger partial charge is 0.572 e. The van der Waals surface area contributed by atoms with Gasteiger partial charge in [0.25, 0.3) is 0 Å². The van der Waals surface area contributed by atoms with Crippen LogP contribution in [0.2, 0.25) is 0 Å². The third-order valence-electron chi connectivity index (χ3n) is 0.899. The molecule has 0 saturated carbocycles. The molecule has 0 saturated heterocycles. The van der Waals surface area contributed by atoms with Crippen LogP contribution < -0.4 is 0 Å². The highest BCUT2D eigenvalue weighted by Crippen LogP contribution is 2.21. The van der Waals surface area contributed by atoms with E-state index in [1.165, 1.54) is 12.2 Å². The van der Waals surface area contributed by atoms with Gasteiger partial charge in [0.1, 0.15) is 5.76 Å². The Bertz CT molecular complexity index is 158. The van der Waals surface area contributed by atoms with Gasteiger partial charge in [-0.05, 0) is 6.08 Å². The van der Waals surface area contributed by atoms with Crippen LogP contribution in [0.5, 0.6) is 0 Å². The van der Waals surface area contributed by atoms with Crippen molar-refractivity contribution in [1.29, 1.82) is 0 Å². The highest BCUT2D eigenvalue weighted by molar-refractivity contribution is 5.03. The van der Waals surface area contributed by atoms with Crippen molar-refractivity contribution in [3.05, 3.63) is 24.5 Å². The lowest BCUT2D eigenvalue weighted by Gasteiger charge is -2.09. The monoisotopic (exact) mass is 166 g/mol. The zero-order valence-electron chi connectivity index (χ0n) is 6.11. The van der Waals surface area contributed by atoms with Gasteiger partial charge in [-0.3, -0.25) is 0 Å². The van der Waals surface area contributed by atoms with Crippen LogP contribution in [0.3, 0.4) is 0 Å². The molecule has 0 aromatic heterocycles. The fourth-order valence-corrected chi connectivity index (χ4v) is 0.504. The van der Waals surface area contributed by atoms with Gasteiger partial charge in [0.15, 0.2) is 0 Å². The van der Waals surface area contributed by atoms with E-state index in [-0.39, 0.29) is 12.2 Å². The smallest absolute Gasteiger partial charge is 0.410 e. The molecule has 0 fully saturated rings. The predicted octanol–water partition coefficient (Wildman–Crippen LogP) is 3.00. The first-order valence-electron chi connectivity index (χ1n) is 3.07. The molecule has 64 valence electrons. The van der Waals surface area contributed by atoms with E-state index in [9.17, 15) is 13.2 Å². The molecule has 4 heteroatoms. The molecule has 0 aliphatic heterocycles. The predicted molar refractivity (Wildman–Crippen MR) is 35.7 cm³/mol.